The summed E-state index contributed by atoms with van der Waals surface area (Å²) in [4.78, 5) is 15.3. The number of rotatable bonds is 6. The maximum Gasteiger partial charge on any atom is 0.394 e. The van der Waals surface area contributed by atoms with E-state index in [1.807, 2.05) is 0 Å². The van der Waals surface area contributed by atoms with Gasteiger partial charge in [0.1, 0.15) is 0 Å². The van der Waals surface area contributed by atoms with Crippen molar-refractivity contribution in [2.75, 3.05) is 6.61 Å². The fraction of sp³-hybridized carbons (Fsp3) is 0.538. The Balaban J connectivity index is 5.11. The number of carbonyl (C=O) groups excluding carboxylic acids is 1. The van der Waals surface area contributed by atoms with Crippen LogP contribution in [0.3, 0.4) is 0 Å². The van der Waals surface area contributed by atoms with Crippen molar-refractivity contribution in [3.8, 4) is 0 Å². The van der Waals surface area contributed by atoms with Crippen LogP contribution in [0.15, 0.2) is 24.3 Å². The highest BCUT2D eigenvalue weighted by molar-refractivity contribution is 5.84. The average molecular weight is 221 g/mol. The van der Waals surface area contributed by atoms with Gasteiger partial charge in [0.15, 0.2) is 0 Å². The summed E-state index contributed by atoms with van der Waals surface area (Å²) in [7, 11) is 0. The van der Waals surface area contributed by atoms with Crippen molar-refractivity contribution in [1.29, 1.82) is 0 Å². The van der Waals surface area contributed by atoms with Crippen LogP contribution in [-0.4, -0.2) is 18.1 Å². The molecule has 0 saturated heterocycles. The molecule has 3 heteroatoms. The lowest BCUT2D eigenvalue weighted by Crippen LogP contribution is -2.37. The Hall–Kier alpha value is -1.56. The molecule has 0 rings (SSSR count). The lowest BCUT2D eigenvalue weighted by Gasteiger charge is -2.20. The van der Waals surface area contributed by atoms with E-state index in [0.29, 0.717) is 12.8 Å². The van der Waals surface area contributed by atoms with Crippen molar-refractivity contribution in [2.24, 2.45) is 0 Å². The van der Waals surface area contributed by atoms with Crippen LogP contribution in [0.1, 0.15) is 33.6 Å². The summed E-state index contributed by atoms with van der Waals surface area (Å²) in [6.45, 7) is 20.4. The van der Waals surface area contributed by atoms with E-state index < -0.39 is 11.5 Å². The summed E-state index contributed by atoms with van der Waals surface area (Å²) in [6, 6.07) is 0. The Morgan fingerprint density at radius 1 is 1.31 bits per heavy atom. The van der Waals surface area contributed by atoms with Crippen molar-refractivity contribution < 1.29 is 9.53 Å². The molecular weight excluding hydrogens is 202 g/mol. The smallest absolute Gasteiger partial charge is 0.394 e. The van der Waals surface area contributed by atoms with E-state index >= 15 is 0 Å². The van der Waals surface area contributed by atoms with E-state index in [1.165, 1.54) is 0 Å². The topological polar surface area (TPSA) is 30.7 Å². The molecule has 0 unspecified atom stereocenters. The van der Waals surface area contributed by atoms with Gasteiger partial charge in [-0.1, -0.05) is 24.3 Å². The zero-order chi connectivity index (χ0) is 12.8. The molecule has 0 fully saturated rings. The molecule has 0 aromatic rings. The first-order valence-corrected chi connectivity index (χ1v) is 5.22. The number of esters is 1. The summed E-state index contributed by atoms with van der Waals surface area (Å²) in [5.74, 6) is -0.476. The molecule has 0 aromatic carbocycles. The van der Waals surface area contributed by atoms with E-state index in [-0.39, 0.29) is 6.61 Å². The van der Waals surface area contributed by atoms with Crippen molar-refractivity contribution >= 4 is 5.97 Å². The highest BCUT2D eigenvalue weighted by atomic mass is 16.5. The van der Waals surface area contributed by atoms with E-state index in [4.69, 9.17) is 11.3 Å². The van der Waals surface area contributed by atoms with Crippen LogP contribution in [0, 0.1) is 6.57 Å². The third-order valence-corrected chi connectivity index (χ3v) is 2.06. The van der Waals surface area contributed by atoms with Gasteiger partial charge in [-0.3, -0.25) is 4.85 Å². The van der Waals surface area contributed by atoms with Crippen molar-refractivity contribution in [1.82, 2.24) is 0 Å². The first-order valence-electron chi connectivity index (χ1n) is 5.22. The molecule has 0 aliphatic carbocycles. The largest absolute Gasteiger partial charge is 0.460 e. The number of hydrogen-bond donors (Lipinski definition) is 0. The predicted molar refractivity (Wildman–Crippen MR) is 64.8 cm³/mol. The highest BCUT2D eigenvalue weighted by Gasteiger charge is 2.46. The summed E-state index contributed by atoms with van der Waals surface area (Å²) in [5.41, 5.74) is 0.420. The minimum atomic E-state index is -1.17. The Bertz CT molecular complexity index is 320. The molecule has 16 heavy (non-hydrogen) atoms. The minimum absolute atomic E-state index is 0.280. The lowest BCUT2D eigenvalue weighted by atomic mass is 9.86. The van der Waals surface area contributed by atoms with Crippen LogP contribution >= 0.6 is 0 Å². The van der Waals surface area contributed by atoms with Gasteiger partial charge < -0.3 is 4.74 Å². The third-order valence-electron chi connectivity index (χ3n) is 2.06. The molecule has 3 nitrogen and oxygen atoms in total. The van der Waals surface area contributed by atoms with E-state index in [0.717, 1.165) is 11.1 Å². The Kier molecular flexibility index (Phi) is 5.52. The van der Waals surface area contributed by atoms with Crippen molar-refractivity contribution in [2.45, 2.75) is 39.2 Å². The fourth-order valence-corrected chi connectivity index (χ4v) is 1.60. The summed E-state index contributed by atoms with van der Waals surface area (Å²) < 4.78 is 4.97. The van der Waals surface area contributed by atoms with Crippen LogP contribution in [0.5, 0.6) is 0 Å². The second-order valence-corrected chi connectivity index (χ2v) is 4.13. The van der Waals surface area contributed by atoms with E-state index in [1.54, 1.807) is 20.8 Å². The van der Waals surface area contributed by atoms with Gasteiger partial charge >= 0.3 is 11.5 Å². The maximum absolute atomic E-state index is 11.8. The second kappa shape index (κ2) is 6.12. The maximum atomic E-state index is 11.8. The molecule has 0 amide bonds. The van der Waals surface area contributed by atoms with Gasteiger partial charge in [-0.05, 0) is 20.8 Å². The molecule has 0 atom stereocenters. The van der Waals surface area contributed by atoms with Gasteiger partial charge in [0, 0.05) is 0 Å². The minimum Gasteiger partial charge on any atom is -0.460 e. The molecule has 0 N–H and O–H groups in total. The van der Waals surface area contributed by atoms with Gasteiger partial charge in [0.25, 0.3) is 0 Å². The van der Waals surface area contributed by atoms with Crippen LogP contribution in [-0.2, 0) is 9.53 Å². The first kappa shape index (κ1) is 14.4. The average Bonchev–Trinajstić information content (AvgIpc) is 2.15. The monoisotopic (exact) mass is 221 g/mol. The summed E-state index contributed by atoms with van der Waals surface area (Å²) in [6.07, 6.45) is 0.643. The quantitative estimate of drug-likeness (QED) is 0.392. The summed E-state index contributed by atoms with van der Waals surface area (Å²) in [5, 5.41) is 0. The van der Waals surface area contributed by atoms with Gasteiger partial charge in [0.2, 0.25) is 0 Å². The van der Waals surface area contributed by atoms with Crippen LogP contribution < -0.4 is 0 Å². The van der Waals surface area contributed by atoms with Crippen molar-refractivity contribution in [3.05, 3.63) is 35.7 Å². The standard InChI is InChI=1S/C13H19NO2/c1-7-16-12(15)13(14-6,8-10(2)3)9-11(4)5/h2,4,7-9H2,1,3,5H3. The third kappa shape index (κ3) is 3.90. The van der Waals surface area contributed by atoms with Crippen LogP contribution in [0.25, 0.3) is 4.85 Å². The van der Waals surface area contributed by atoms with E-state index in [2.05, 4.69) is 18.0 Å². The predicted octanol–water partition coefficient (Wildman–Crippen LogP) is 3.14. The first-order chi connectivity index (χ1) is 7.38. The van der Waals surface area contributed by atoms with Gasteiger partial charge in [-0.15, -0.1) is 0 Å². The number of nitrogens with zero attached hydrogens (tertiary/aromatic N) is 1. The van der Waals surface area contributed by atoms with Gasteiger partial charge in [0.05, 0.1) is 19.4 Å². The molecule has 0 saturated carbocycles. The van der Waals surface area contributed by atoms with Gasteiger partial charge in [-0.25, -0.2) is 11.4 Å². The lowest BCUT2D eigenvalue weighted by molar-refractivity contribution is -0.147. The molecule has 0 aliphatic rings. The highest BCUT2D eigenvalue weighted by Crippen LogP contribution is 2.29. The molecular formula is C13H19NO2. The van der Waals surface area contributed by atoms with Crippen molar-refractivity contribution in [3.63, 3.8) is 0 Å². The molecule has 0 aromatic heterocycles. The zero-order valence-electron chi connectivity index (χ0n) is 10.3. The Labute approximate surface area is 97.6 Å². The molecule has 0 bridgehead atoms. The normalized spacial score (nSPS) is 10.4. The van der Waals surface area contributed by atoms with E-state index in [9.17, 15) is 4.79 Å². The SMILES string of the molecule is [C-]#[N+]C(CC(=C)C)(CC(=C)C)C(=O)OCC. The second-order valence-electron chi connectivity index (χ2n) is 4.13. The number of hydrogen-bond acceptors (Lipinski definition) is 2. The molecule has 0 spiro atoms. The fourth-order valence-electron chi connectivity index (χ4n) is 1.60. The molecule has 0 aliphatic heterocycles. The Morgan fingerprint density at radius 3 is 2.00 bits per heavy atom. The summed E-state index contributed by atoms with van der Waals surface area (Å²) >= 11 is 0. The molecule has 88 valence electrons. The van der Waals surface area contributed by atoms with Crippen LogP contribution in [0.2, 0.25) is 0 Å². The number of carbonyl (C=O) groups is 1. The number of ether oxygens (including phenoxy) is 1. The molecule has 0 radical (unpaired) electrons. The molecule has 0 heterocycles. The Morgan fingerprint density at radius 2 is 1.75 bits per heavy atom. The zero-order valence-corrected chi connectivity index (χ0v) is 10.3. The van der Waals surface area contributed by atoms with Gasteiger partial charge in [-0.2, -0.15) is 0 Å². The van der Waals surface area contributed by atoms with Crippen LogP contribution in [0.4, 0.5) is 0 Å².